The summed E-state index contributed by atoms with van der Waals surface area (Å²) in [6, 6.07) is 0. The van der Waals surface area contributed by atoms with Crippen LogP contribution in [0, 0.1) is 63.1 Å². The fourth-order valence-corrected chi connectivity index (χ4v) is 13.9. The standard InChI is InChI=1S/C48H68N2O6/c1-28(2)38-33(52)24-48(22-30(4)32(51)23-47(20-21-47)40-49-26-29(3)27-50-40)19-18-45(10)31(39(38)48)12-13-35-44(9)16-15-36(56-37(53)25-42(5,6)41(54)55)43(7,8)34(44)14-17-46(35,45)11/h22,26-28,31,34-36H,12-21,23-25H2,1-11H3,(H,54,55)/b30-22+/t31-,34+,35-,36+,44+,45-,46-,48-/m1/s1. The van der Waals surface area contributed by atoms with Gasteiger partial charge < -0.3 is 9.84 Å². The molecule has 0 amide bonds. The third kappa shape index (κ3) is 6.19. The van der Waals surface area contributed by atoms with E-state index in [0.29, 0.717) is 24.7 Å². The van der Waals surface area contributed by atoms with Crippen LogP contribution in [0.1, 0.15) is 164 Å². The Kier molecular flexibility index (Phi) is 9.85. The van der Waals surface area contributed by atoms with Crippen molar-refractivity contribution in [3.05, 3.63) is 46.6 Å². The molecule has 8 heteroatoms. The normalized spacial score (nSPS) is 37.3. The van der Waals surface area contributed by atoms with Crippen LogP contribution in [0.4, 0.5) is 0 Å². The second-order valence-corrected chi connectivity index (χ2v) is 21.8. The molecule has 6 aliphatic rings. The maximum Gasteiger partial charge on any atom is 0.309 e. The van der Waals surface area contributed by atoms with Crippen LogP contribution in [0.3, 0.4) is 0 Å². The Labute approximate surface area is 335 Å². The maximum absolute atomic E-state index is 14.2. The summed E-state index contributed by atoms with van der Waals surface area (Å²) in [6.07, 6.45) is 16.2. The summed E-state index contributed by atoms with van der Waals surface area (Å²) in [7, 11) is 0. The van der Waals surface area contributed by atoms with E-state index in [0.717, 1.165) is 86.7 Å². The Morgan fingerprint density at radius 2 is 1.57 bits per heavy atom. The van der Waals surface area contributed by atoms with Gasteiger partial charge in [0.05, 0.1) is 11.8 Å². The molecule has 0 aliphatic heterocycles. The number of hydrogen-bond acceptors (Lipinski definition) is 7. The number of carboxylic acids is 1. The number of Topliss-reactive ketones (excluding diaryl/α,β-unsaturated/α-hetero) is 2. The summed E-state index contributed by atoms with van der Waals surface area (Å²) in [5, 5.41) is 9.64. The minimum absolute atomic E-state index is 0.00400. The smallest absolute Gasteiger partial charge is 0.309 e. The fourth-order valence-electron chi connectivity index (χ4n) is 13.9. The summed E-state index contributed by atoms with van der Waals surface area (Å²) in [5.41, 5.74) is 2.18. The van der Waals surface area contributed by atoms with Gasteiger partial charge in [-0.25, -0.2) is 9.97 Å². The summed E-state index contributed by atoms with van der Waals surface area (Å²) in [4.78, 5) is 62.5. The third-order valence-corrected chi connectivity index (χ3v) is 17.4. The molecule has 1 aromatic heterocycles. The lowest BCUT2D eigenvalue weighted by Crippen LogP contribution is -2.65. The van der Waals surface area contributed by atoms with Gasteiger partial charge in [0, 0.05) is 41.5 Å². The molecule has 5 saturated carbocycles. The maximum atomic E-state index is 14.2. The Morgan fingerprint density at radius 1 is 0.911 bits per heavy atom. The summed E-state index contributed by atoms with van der Waals surface area (Å²) >= 11 is 0. The third-order valence-electron chi connectivity index (χ3n) is 17.4. The van der Waals surface area contributed by atoms with E-state index in [1.807, 2.05) is 26.2 Å². The van der Waals surface area contributed by atoms with Gasteiger partial charge in [0.1, 0.15) is 11.9 Å². The second kappa shape index (κ2) is 13.4. The Bertz CT molecular complexity index is 1880. The number of nitrogens with zero attached hydrogens (tertiary/aromatic N) is 2. The molecule has 0 spiro atoms. The second-order valence-electron chi connectivity index (χ2n) is 21.8. The molecule has 0 saturated heterocycles. The number of allylic oxidation sites excluding steroid dienone is 4. The van der Waals surface area contributed by atoms with Gasteiger partial charge in [0.2, 0.25) is 0 Å². The van der Waals surface area contributed by atoms with Crippen molar-refractivity contribution < 1.29 is 29.0 Å². The number of aromatic nitrogens is 2. The molecule has 0 bridgehead atoms. The quantitative estimate of drug-likeness (QED) is 0.184. The van der Waals surface area contributed by atoms with Crippen molar-refractivity contribution in [3.8, 4) is 0 Å². The zero-order valence-corrected chi connectivity index (χ0v) is 36.2. The highest BCUT2D eigenvalue weighted by molar-refractivity contribution is 6.02. The van der Waals surface area contributed by atoms with Gasteiger partial charge in [-0.3, -0.25) is 19.2 Å². The molecular formula is C48H68N2O6. The number of carboxylic acid groups (broad SMARTS) is 1. The van der Waals surface area contributed by atoms with Gasteiger partial charge in [0.15, 0.2) is 11.6 Å². The molecular weight excluding hydrogens is 701 g/mol. The van der Waals surface area contributed by atoms with E-state index in [1.165, 1.54) is 5.57 Å². The number of rotatable bonds is 10. The largest absolute Gasteiger partial charge is 0.481 e. The van der Waals surface area contributed by atoms with Gasteiger partial charge in [-0.05, 0) is 154 Å². The van der Waals surface area contributed by atoms with Crippen molar-refractivity contribution in [2.24, 2.45) is 56.2 Å². The van der Waals surface area contributed by atoms with Crippen LogP contribution in [0.25, 0.3) is 0 Å². The molecule has 5 fully saturated rings. The fraction of sp³-hybridized carbons (Fsp3) is 0.750. The minimum atomic E-state index is -1.17. The molecule has 6 aliphatic carbocycles. The Hall–Kier alpha value is -3.16. The molecule has 8 nitrogen and oxygen atoms in total. The molecule has 8 atom stereocenters. The van der Waals surface area contributed by atoms with E-state index in [9.17, 15) is 24.3 Å². The first-order chi connectivity index (χ1) is 26.0. The number of ether oxygens (including phenoxy) is 1. The first-order valence-corrected chi connectivity index (χ1v) is 21.7. The van der Waals surface area contributed by atoms with Crippen molar-refractivity contribution in [3.63, 3.8) is 0 Å². The molecule has 0 unspecified atom stereocenters. The van der Waals surface area contributed by atoms with Crippen LogP contribution >= 0.6 is 0 Å². The number of hydrogen-bond donors (Lipinski definition) is 1. The van der Waals surface area contributed by atoms with Crippen molar-refractivity contribution in [2.45, 2.75) is 171 Å². The molecule has 0 radical (unpaired) electrons. The van der Waals surface area contributed by atoms with E-state index in [1.54, 1.807) is 13.8 Å². The lowest BCUT2D eigenvalue weighted by Gasteiger charge is -2.72. The van der Waals surface area contributed by atoms with Gasteiger partial charge >= 0.3 is 11.9 Å². The van der Waals surface area contributed by atoms with Gasteiger partial charge in [-0.2, -0.15) is 0 Å². The minimum Gasteiger partial charge on any atom is -0.481 e. The predicted octanol–water partition coefficient (Wildman–Crippen LogP) is 10.1. The number of aryl methyl sites for hydroxylation is 1. The summed E-state index contributed by atoms with van der Waals surface area (Å²) in [6.45, 7) is 23.7. The molecule has 306 valence electrons. The zero-order chi connectivity index (χ0) is 41.0. The molecule has 1 aromatic rings. The van der Waals surface area contributed by atoms with E-state index < -0.39 is 22.8 Å². The number of carbonyl (C=O) groups excluding carboxylic acids is 3. The molecule has 1 heterocycles. The van der Waals surface area contributed by atoms with E-state index >= 15 is 0 Å². The molecule has 56 heavy (non-hydrogen) atoms. The molecule has 0 aromatic carbocycles. The highest BCUT2D eigenvalue weighted by atomic mass is 16.5. The molecule has 1 N–H and O–H groups in total. The van der Waals surface area contributed by atoms with Crippen LogP contribution in [0.15, 0.2) is 35.2 Å². The van der Waals surface area contributed by atoms with Gasteiger partial charge in [-0.1, -0.05) is 54.5 Å². The highest BCUT2D eigenvalue weighted by Crippen LogP contribution is 2.77. The van der Waals surface area contributed by atoms with E-state index in [2.05, 4.69) is 64.5 Å². The van der Waals surface area contributed by atoms with E-state index in [-0.39, 0.29) is 63.0 Å². The van der Waals surface area contributed by atoms with Crippen LogP contribution in [-0.2, 0) is 29.3 Å². The lowest BCUT2D eigenvalue weighted by molar-refractivity contribution is -0.232. The Morgan fingerprint density at radius 3 is 2.18 bits per heavy atom. The summed E-state index contributed by atoms with van der Waals surface area (Å²) < 4.78 is 6.19. The number of aliphatic carboxylic acids is 1. The predicted molar refractivity (Wildman–Crippen MR) is 216 cm³/mol. The van der Waals surface area contributed by atoms with Crippen LogP contribution in [0.2, 0.25) is 0 Å². The zero-order valence-electron chi connectivity index (χ0n) is 36.2. The van der Waals surface area contributed by atoms with Crippen molar-refractivity contribution in [1.29, 1.82) is 0 Å². The SMILES string of the molecule is C/C(=C\[C@@]12CC[C@]3(C)[C@H](CC[C@@H]4[C@@]5(C)CC[C@H](OC(=O)CC(C)(C)C(=O)O)C(C)(C)[C@@H]5CC[C@]43C)C1=C(C(C)C)C(=O)C2)C(=O)CC1(c2ncc(C)cn2)CC1. The van der Waals surface area contributed by atoms with Gasteiger partial charge in [0.25, 0.3) is 0 Å². The number of esters is 1. The monoisotopic (exact) mass is 769 g/mol. The van der Waals surface area contributed by atoms with E-state index in [4.69, 9.17) is 4.74 Å². The first kappa shape index (κ1) is 41.0. The topological polar surface area (TPSA) is 124 Å². The lowest BCUT2D eigenvalue weighted by atomic mass is 9.33. The van der Waals surface area contributed by atoms with Gasteiger partial charge in [-0.15, -0.1) is 0 Å². The van der Waals surface area contributed by atoms with Crippen LogP contribution in [-0.4, -0.2) is 44.7 Å². The average Bonchev–Trinajstić information content (AvgIpc) is 3.81. The average molecular weight is 769 g/mol. The van der Waals surface area contributed by atoms with Crippen molar-refractivity contribution in [2.75, 3.05) is 0 Å². The van der Waals surface area contributed by atoms with Crippen molar-refractivity contribution in [1.82, 2.24) is 9.97 Å². The van der Waals surface area contributed by atoms with Crippen molar-refractivity contribution >= 4 is 23.5 Å². The van der Waals surface area contributed by atoms with Crippen LogP contribution in [0.5, 0.6) is 0 Å². The molecule has 7 rings (SSSR count). The Balaban J connectivity index is 1.16. The number of fused-ring (bicyclic) bond motifs is 7. The first-order valence-electron chi connectivity index (χ1n) is 21.7. The number of ketones is 2. The summed E-state index contributed by atoms with van der Waals surface area (Å²) in [5.74, 6) is 1.04. The number of carbonyl (C=O) groups is 4. The highest BCUT2D eigenvalue weighted by Gasteiger charge is 2.70. The van der Waals surface area contributed by atoms with Crippen LogP contribution < -0.4 is 0 Å².